The third-order valence-electron chi connectivity index (χ3n) is 4.30. The van der Waals surface area contributed by atoms with Crippen LogP contribution in [0.2, 0.25) is 0 Å². The van der Waals surface area contributed by atoms with Gasteiger partial charge in [-0.15, -0.1) is 0 Å². The number of likely N-dealkylation sites (tertiary alicyclic amines) is 1. The molecule has 0 saturated carbocycles. The fourth-order valence-electron chi connectivity index (χ4n) is 3.34. The van der Waals surface area contributed by atoms with E-state index in [4.69, 9.17) is 5.73 Å². The number of rotatable bonds is 3. The smallest absolute Gasteiger partial charge is 0.223 e. The van der Waals surface area contributed by atoms with Gasteiger partial charge in [-0.1, -0.05) is 37.6 Å². The molecule has 1 aliphatic heterocycles. The Balaban J connectivity index is 2.43. The second-order valence-corrected chi connectivity index (χ2v) is 6.80. The topological polar surface area (TPSA) is 46.3 Å². The molecule has 0 aromatic heterocycles. The number of hydrogen-bond acceptors (Lipinski definition) is 2. The number of nitrogens with zero attached hydrogens (tertiary/aromatic N) is 1. The van der Waals surface area contributed by atoms with Gasteiger partial charge in [-0.05, 0) is 43.7 Å². The standard InChI is InChI=1S/C18H28N2O/c1-12(2)11-20-17(21)7-5-6-16(19)18(20)15-9-8-13(3)10-14(15)4/h8-10,12,16,18H,5-7,11,19H2,1-4H3. The van der Waals surface area contributed by atoms with E-state index in [0.717, 1.165) is 19.4 Å². The average molecular weight is 288 g/mol. The number of carbonyl (C=O) groups is 1. The number of aryl methyl sites for hydroxylation is 2. The van der Waals surface area contributed by atoms with Crippen LogP contribution in [0.25, 0.3) is 0 Å². The van der Waals surface area contributed by atoms with Gasteiger partial charge in [0.2, 0.25) is 5.91 Å². The molecular weight excluding hydrogens is 260 g/mol. The maximum atomic E-state index is 12.5. The fraction of sp³-hybridized carbons (Fsp3) is 0.611. The normalized spacial score (nSPS) is 23.5. The molecule has 0 spiro atoms. The van der Waals surface area contributed by atoms with E-state index in [1.165, 1.54) is 16.7 Å². The van der Waals surface area contributed by atoms with Crippen molar-refractivity contribution in [3.05, 3.63) is 34.9 Å². The molecule has 1 aromatic rings. The number of nitrogens with two attached hydrogens (primary N) is 1. The van der Waals surface area contributed by atoms with Crippen LogP contribution in [0.3, 0.4) is 0 Å². The van der Waals surface area contributed by atoms with Crippen molar-refractivity contribution >= 4 is 5.91 Å². The third-order valence-corrected chi connectivity index (χ3v) is 4.30. The molecule has 0 radical (unpaired) electrons. The molecule has 0 aliphatic carbocycles. The molecule has 3 nitrogen and oxygen atoms in total. The van der Waals surface area contributed by atoms with E-state index >= 15 is 0 Å². The first kappa shape index (κ1) is 16.0. The second kappa shape index (κ2) is 6.61. The van der Waals surface area contributed by atoms with Crippen LogP contribution in [0.4, 0.5) is 0 Å². The molecule has 116 valence electrons. The zero-order valence-electron chi connectivity index (χ0n) is 13.7. The lowest BCUT2D eigenvalue weighted by Crippen LogP contribution is -2.44. The van der Waals surface area contributed by atoms with Crippen molar-refractivity contribution in [1.82, 2.24) is 4.90 Å². The van der Waals surface area contributed by atoms with Gasteiger partial charge >= 0.3 is 0 Å². The number of amides is 1. The van der Waals surface area contributed by atoms with Gasteiger partial charge in [-0.3, -0.25) is 4.79 Å². The summed E-state index contributed by atoms with van der Waals surface area (Å²) in [6, 6.07) is 6.50. The monoisotopic (exact) mass is 288 g/mol. The lowest BCUT2D eigenvalue weighted by Gasteiger charge is -2.36. The van der Waals surface area contributed by atoms with E-state index in [9.17, 15) is 4.79 Å². The molecule has 1 heterocycles. The van der Waals surface area contributed by atoms with Gasteiger partial charge in [0.25, 0.3) is 0 Å². The predicted octanol–water partition coefficient (Wildman–Crippen LogP) is 3.34. The highest BCUT2D eigenvalue weighted by Gasteiger charge is 2.33. The number of carbonyl (C=O) groups excluding carboxylic acids is 1. The summed E-state index contributed by atoms with van der Waals surface area (Å²) in [7, 11) is 0. The Morgan fingerprint density at radius 1 is 1.33 bits per heavy atom. The van der Waals surface area contributed by atoms with Gasteiger partial charge in [0, 0.05) is 19.0 Å². The summed E-state index contributed by atoms with van der Waals surface area (Å²) in [5, 5.41) is 0. The molecule has 3 heteroatoms. The Labute approximate surface area is 128 Å². The van der Waals surface area contributed by atoms with Gasteiger partial charge in [0.15, 0.2) is 0 Å². The predicted molar refractivity (Wildman–Crippen MR) is 87.0 cm³/mol. The van der Waals surface area contributed by atoms with Crippen LogP contribution in [-0.4, -0.2) is 23.4 Å². The first-order chi connectivity index (χ1) is 9.90. The lowest BCUT2D eigenvalue weighted by atomic mass is 9.91. The Bertz CT molecular complexity index is 510. The van der Waals surface area contributed by atoms with Crippen molar-refractivity contribution in [2.75, 3.05) is 6.54 Å². The Hall–Kier alpha value is -1.35. The van der Waals surface area contributed by atoms with Crippen molar-refractivity contribution in [1.29, 1.82) is 0 Å². The maximum absolute atomic E-state index is 12.5. The molecule has 1 aliphatic rings. The Morgan fingerprint density at radius 3 is 2.67 bits per heavy atom. The van der Waals surface area contributed by atoms with E-state index in [2.05, 4.69) is 45.9 Å². The molecule has 1 amide bonds. The highest BCUT2D eigenvalue weighted by atomic mass is 16.2. The number of benzene rings is 1. The zero-order valence-corrected chi connectivity index (χ0v) is 13.7. The highest BCUT2D eigenvalue weighted by molar-refractivity contribution is 5.77. The van der Waals surface area contributed by atoms with E-state index in [-0.39, 0.29) is 18.0 Å². The first-order valence-corrected chi connectivity index (χ1v) is 8.02. The Kier molecular flexibility index (Phi) is 5.04. The third kappa shape index (κ3) is 3.65. The van der Waals surface area contributed by atoms with E-state index < -0.39 is 0 Å². The van der Waals surface area contributed by atoms with Crippen molar-refractivity contribution in [2.24, 2.45) is 11.7 Å². The quantitative estimate of drug-likeness (QED) is 0.927. The molecule has 2 rings (SSSR count). The molecule has 1 saturated heterocycles. The SMILES string of the molecule is Cc1ccc(C2C(N)CCCC(=O)N2CC(C)C)c(C)c1. The van der Waals surface area contributed by atoms with Crippen molar-refractivity contribution in [3.8, 4) is 0 Å². The van der Waals surface area contributed by atoms with Crippen LogP contribution in [0, 0.1) is 19.8 Å². The summed E-state index contributed by atoms with van der Waals surface area (Å²) in [6.07, 6.45) is 2.44. The maximum Gasteiger partial charge on any atom is 0.223 e. The summed E-state index contributed by atoms with van der Waals surface area (Å²) >= 11 is 0. The van der Waals surface area contributed by atoms with Crippen molar-refractivity contribution < 1.29 is 4.79 Å². The largest absolute Gasteiger partial charge is 0.334 e. The first-order valence-electron chi connectivity index (χ1n) is 8.02. The summed E-state index contributed by atoms with van der Waals surface area (Å²) in [4.78, 5) is 14.6. The van der Waals surface area contributed by atoms with Crippen LogP contribution in [0.5, 0.6) is 0 Å². The molecule has 21 heavy (non-hydrogen) atoms. The van der Waals surface area contributed by atoms with Gasteiger partial charge < -0.3 is 10.6 Å². The fourth-order valence-corrected chi connectivity index (χ4v) is 3.34. The van der Waals surface area contributed by atoms with Gasteiger partial charge in [-0.2, -0.15) is 0 Å². The van der Waals surface area contributed by atoms with Crippen LogP contribution in [0.15, 0.2) is 18.2 Å². The van der Waals surface area contributed by atoms with Gasteiger partial charge in [0.1, 0.15) is 0 Å². The van der Waals surface area contributed by atoms with Gasteiger partial charge in [0.05, 0.1) is 6.04 Å². The van der Waals surface area contributed by atoms with Crippen molar-refractivity contribution in [3.63, 3.8) is 0 Å². The molecular formula is C18H28N2O. The summed E-state index contributed by atoms with van der Waals surface area (Å²) < 4.78 is 0. The van der Waals surface area contributed by atoms with Crippen LogP contribution < -0.4 is 5.73 Å². The molecule has 2 unspecified atom stereocenters. The average Bonchev–Trinajstić information content (AvgIpc) is 2.51. The van der Waals surface area contributed by atoms with E-state index in [0.29, 0.717) is 12.3 Å². The minimum Gasteiger partial charge on any atom is -0.334 e. The highest BCUT2D eigenvalue weighted by Crippen LogP contribution is 2.32. The summed E-state index contributed by atoms with van der Waals surface area (Å²) in [5.74, 6) is 0.703. The summed E-state index contributed by atoms with van der Waals surface area (Å²) in [6.45, 7) is 9.31. The molecule has 2 N–H and O–H groups in total. The second-order valence-electron chi connectivity index (χ2n) is 6.80. The molecule has 1 aromatic carbocycles. The van der Waals surface area contributed by atoms with E-state index in [1.54, 1.807) is 0 Å². The van der Waals surface area contributed by atoms with Crippen LogP contribution >= 0.6 is 0 Å². The Morgan fingerprint density at radius 2 is 2.05 bits per heavy atom. The lowest BCUT2D eigenvalue weighted by molar-refractivity contribution is -0.133. The van der Waals surface area contributed by atoms with E-state index in [1.807, 2.05) is 4.90 Å². The molecule has 2 atom stereocenters. The van der Waals surface area contributed by atoms with Crippen LogP contribution in [-0.2, 0) is 4.79 Å². The zero-order chi connectivity index (χ0) is 15.6. The van der Waals surface area contributed by atoms with Crippen molar-refractivity contribution in [2.45, 2.75) is 59.0 Å². The number of hydrogen-bond donors (Lipinski definition) is 1. The van der Waals surface area contributed by atoms with Crippen LogP contribution in [0.1, 0.15) is 55.8 Å². The molecule has 0 bridgehead atoms. The molecule has 1 fully saturated rings. The minimum absolute atomic E-state index is 0.0167. The van der Waals surface area contributed by atoms with Gasteiger partial charge in [-0.25, -0.2) is 0 Å². The minimum atomic E-state index is 0.0167. The summed E-state index contributed by atoms with van der Waals surface area (Å²) in [5.41, 5.74) is 10.1.